The average molecular weight is 158 g/mol. The molecule has 0 aromatic carbocycles. The molecule has 2 rings (SSSR count). The van der Waals surface area contributed by atoms with Gasteiger partial charge < -0.3 is 0 Å². The molecule has 0 N–H and O–H groups in total. The maximum atomic E-state index is 5.21. The van der Waals surface area contributed by atoms with E-state index in [0.717, 1.165) is 18.3 Å². The molecule has 0 amide bonds. The highest BCUT2D eigenvalue weighted by Gasteiger charge is 2.26. The SMILES string of the molecule is C#CCCCC1=CC2C=CC1C2. The zero-order chi connectivity index (χ0) is 8.39. The van der Waals surface area contributed by atoms with E-state index in [4.69, 9.17) is 6.42 Å². The summed E-state index contributed by atoms with van der Waals surface area (Å²) in [6.45, 7) is 0. The van der Waals surface area contributed by atoms with Gasteiger partial charge in [0.15, 0.2) is 0 Å². The summed E-state index contributed by atoms with van der Waals surface area (Å²) in [7, 11) is 0. The number of hydrogen-bond donors (Lipinski definition) is 0. The van der Waals surface area contributed by atoms with Crippen molar-refractivity contribution < 1.29 is 0 Å². The second-order valence-electron chi connectivity index (χ2n) is 3.69. The molecule has 0 saturated heterocycles. The van der Waals surface area contributed by atoms with Crippen LogP contribution in [0, 0.1) is 24.2 Å². The molecular formula is C12H14. The third-order valence-electron chi connectivity index (χ3n) is 2.81. The Balaban J connectivity index is 1.84. The lowest BCUT2D eigenvalue weighted by Crippen LogP contribution is -1.93. The molecule has 0 radical (unpaired) electrons. The largest absolute Gasteiger partial charge is 0.120 e. The van der Waals surface area contributed by atoms with Gasteiger partial charge in [0.25, 0.3) is 0 Å². The van der Waals surface area contributed by atoms with Crippen LogP contribution < -0.4 is 0 Å². The van der Waals surface area contributed by atoms with Crippen LogP contribution >= 0.6 is 0 Å². The van der Waals surface area contributed by atoms with Crippen molar-refractivity contribution in [2.75, 3.05) is 0 Å². The van der Waals surface area contributed by atoms with Crippen LogP contribution in [-0.2, 0) is 0 Å². The maximum Gasteiger partial charge on any atom is 0.00891 e. The number of unbranched alkanes of at least 4 members (excludes halogenated alkanes) is 1. The van der Waals surface area contributed by atoms with Gasteiger partial charge in [0.1, 0.15) is 0 Å². The number of allylic oxidation sites excluding steroid dienone is 4. The van der Waals surface area contributed by atoms with Gasteiger partial charge in [0, 0.05) is 6.42 Å². The van der Waals surface area contributed by atoms with Crippen LogP contribution in [0.4, 0.5) is 0 Å². The highest BCUT2D eigenvalue weighted by molar-refractivity contribution is 5.29. The molecule has 2 bridgehead atoms. The van der Waals surface area contributed by atoms with Crippen molar-refractivity contribution in [2.24, 2.45) is 11.8 Å². The van der Waals surface area contributed by atoms with E-state index < -0.39 is 0 Å². The summed E-state index contributed by atoms with van der Waals surface area (Å²) in [6.07, 6.45) is 17.0. The van der Waals surface area contributed by atoms with Gasteiger partial charge in [-0.2, -0.15) is 0 Å². The molecule has 0 aliphatic heterocycles. The second kappa shape index (κ2) is 3.19. The van der Waals surface area contributed by atoms with E-state index in [1.807, 2.05) is 0 Å². The van der Waals surface area contributed by atoms with Crippen LogP contribution in [0.15, 0.2) is 23.8 Å². The highest BCUT2D eigenvalue weighted by atomic mass is 14.3. The molecule has 2 atom stereocenters. The van der Waals surface area contributed by atoms with E-state index in [1.54, 1.807) is 5.57 Å². The molecule has 0 heteroatoms. The van der Waals surface area contributed by atoms with Gasteiger partial charge in [-0.1, -0.05) is 23.8 Å². The fourth-order valence-electron chi connectivity index (χ4n) is 2.19. The Morgan fingerprint density at radius 2 is 2.42 bits per heavy atom. The Morgan fingerprint density at radius 3 is 3.00 bits per heavy atom. The third-order valence-corrected chi connectivity index (χ3v) is 2.81. The fourth-order valence-corrected chi connectivity index (χ4v) is 2.19. The molecule has 2 unspecified atom stereocenters. The molecule has 0 aromatic heterocycles. The number of fused-ring (bicyclic) bond motifs is 2. The smallest absolute Gasteiger partial charge is 0.00891 e. The zero-order valence-corrected chi connectivity index (χ0v) is 7.29. The molecule has 12 heavy (non-hydrogen) atoms. The van der Waals surface area contributed by atoms with Crippen molar-refractivity contribution in [1.29, 1.82) is 0 Å². The molecule has 2 aliphatic carbocycles. The first-order valence-corrected chi connectivity index (χ1v) is 4.72. The van der Waals surface area contributed by atoms with Gasteiger partial charge in [-0.15, -0.1) is 12.3 Å². The third kappa shape index (κ3) is 1.32. The molecule has 2 aliphatic rings. The van der Waals surface area contributed by atoms with E-state index in [0.29, 0.717) is 0 Å². The minimum absolute atomic E-state index is 0.760. The van der Waals surface area contributed by atoms with Gasteiger partial charge in [-0.3, -0.25) is 0 Å². The van der Waals surface area contributed by atoms with Crippen LogP contribution in [0.25, 0.3) is 0 Å². The van der Waals surface area contributed by atoms with Crippen LogP contribution in [0.3, 0.4) is 0 Å². The summed E-state index contributed by atoms with van der Waals surface area (Å²) in [5.41, 5.74) is 1.64. The van der Waals surface area contributed by atoms with Crippen molar-refractivity contribution in [3.8, 4) is 12.3 Å². The van der Waals surface area contributed by atoms with Gasteiger partial charge in [0.05, 0.1) is 0 Å². The standard InChI is InChI=1S/C12H14/c1-2-3-4-5-11-8-10-6-7-12(11)9-10/h1,6-8,10,12H,3-5,9H2. The lowest BCUT2D eigenvalue weighted by molar-refractivity contribution is 0.682. The molecule has 0 nitrogen and oxygen atoms in total. The summed E-state index contributed by atoms with van der Waals surface area (Å²) in [4.78, 5) is 0. The Kier molecular flexibility index (Phi) is 2.04. The first kappa shape index (κ1) is 7.68. The summed E-state index contributed by atoms with van der Waals surface area (Å²) in [5, 5.41) is 0. The summed E-state index contributed by atoms with van der Waals surface area (Å²) in [5.74, 6) is 4.22. The summed E-state index contributed by atoms with van der Waals surface area (Å²) < 4.78 is 0. The minimum atomic E-state index is 0.760. The summed E-state index contributed by atoms with van der Waals surface area (Å²) in [6, 6.07) is 0. The molecule has 62 valence electrons. The van der Waals surface area contributed by atoms with Crippen molar-refractivity contribution >= 4 is 0 Å². The van der Waals surface area contributed by atoms with Crippen molar-refractivity contribution in [2.45, 2.75) is 25.7 Å². The molecule has 0 aromatic rings. The van der Waals surface area contributed by atoms with Crippen LogP contribution in [-0.4, -0.2) is 0 Å². The van der Waals surface area contributed by atoms with Crippen molar-refractivity contribution in [3.63, 3.8) is 0 Å². The fraction of sp³-hybridized carbons (Fsp3) is 0.500. The van der Waals surface area contributed by atoms with Gasteiger partial charge in [-0.25, -0.2) is 0 Å². The first-order valence-electron chi connectivity index (χ1n) is 4.72. The maximum absolute atomic E-state index is 5.21. The second-order valence-corrected chi connectivity index (χ2v) is 3.69. The highest BCUT2D eigenvalue weighted by Crippen LogP contribution is 2.40. The van der Waals surface area contributed by atoms with E-state index in [9.17, 15) is 0 Å². The first-order chi connectivity index (χ1) is 5.90. The van der Waals surface area contributed by atoms with Crippen LogP contribution in [0.5, 0.6) is 0 Å². The lowest BCUT2D eigenvalue weighted by Gasteiger charge is -2.07. The van der Waals surface area contributed by atoms with E-state index in [-0.39, 0.29) is 0 Å². The van der Waals surface area contributed by atoms with Crippen molar-refractivity contribution in [3.05, 3.63) is 23.8 Å². The topological polar surface area (TPSA) is 0 Å². The quantitative estimate of drug-likeness (QED) is 0.336. The predicted molar refractivity (Wildman–Crippen MR) is 51.5 cm³/mol. The van der Waals surface area contributed by atoms with E-state index >= 15 is 0 Å². The normalized spacial score (nSPS) is 30.4. The Labute approximate surface area is 74.4 Å². The summed E-state index contributed by atoms with van der Waals surface area (Å²) >= 11 is 0. The number of hydrogen-bond acceptors (Lipinski definition) is 0. The van der Waals surface area contributed by atoms with Crippen molar-refractivity contribution in [1.82, 2.24) is 0 Å². The Bertz CT molecular complexity index is 262. The van der Waals surface area contributed by atoms with Gasteiger partial charge in [-0.05, 0) is 31.1 Å². The molecule has 0 heterocycles. The van der Waals surface area contributed by atoms with Gasteiger partial charge >= 0.3 is 0 Å². The molecular weight excluding hydrogens is 144 g/mol. The zero-order valence-electron chi connectivity index (χ0n) is 7.29. The predicted octanol–water partition coefficient (Wildman–Crippen LogP) is 2.92. The average Bonchev–Trinajstić information content (AvgIpc) is 2.65. The van der Waals surface area contributed by atoms with Crippen LogP contribution in [0.2, 0.25) is 0 Å². The number of rotatable bonds is 3. The Morgan fingerprint density at radius 1 is 1.50 bits per heavy atom. The Hall–Kier alpha value is -0.960. The van der Waals surface area contributed by atoms with E-state index in [2.05, 4.69) is 24.1 Å². The molecule has 0 saturated carbocycles. The van der Waals surface area contributed by atoms with Gasteiger partial charge in [0.2, 0.25) is 0 Å². The lowest BCUT2D eigenvalue weighted by atomic mass is 9.98. The molecule has 0 spiro atoms. The monoisotopic (exact) mass is 158 g/mol. The minimum Gasteiger partial charge on any atom is -0.120 e. The van der Waals surface area contributed by atoms with Crippen LogP contribution in [0.1, 0.15) is 25.7 Å². The van der Waals surface area contributed by atoms with E-state index in [1.165, 1.54) is 19.3 Å². The number of terminal acetylenes is 1. The molecule has 0 fully saturated rings.